The van der Waals surface area contributed by atoms with Crippen molar-refractivity contribution >= 4 is 49.9 Å². The maximum absolute atomic E-state index is 13.9. The van der Waals surface area contributed by atoms with Crippen LogP contribution in [0.2, 0.25) is 0 Å². The van der Waals surface area contributed by atoms with Gasteiger partial charge in [-0.2, -0.15) is 0 Å². The first-order valence-corrected chi connectivity index (χ1v) is 13.8. The normalized spacial score (nSPS) is 11.1. The van der Waals surface area contributed by atoms with Gasteiger partial charge in [-0.25, -0.2) is 13.6 Å². The zero-order chi connectivity index (χ0) is 29.4. The van der Waals surface area contributed by atoms with Gasteiger partial charge in [0.15, 0.2) is 5.78 Å². The number of nitrogens with one attached hydrogen (secondary N) is 1. The Kier molecular flexibility index (Phi) is 7.06. The lowest BCUT2D eigenvalue weighted by atomic mass is 9.94. The summed E-state index contributed by atoms with van der Waals surface area (Å²) in [4.78, 5) is 38.6. The molecule has 206 valence electrons. The van der Waals surface area contributed by atoms with Crippen molar-refractivity contribution < 1.29 is 28.3 Å². The Bertz CT molecular complexity index is 2010. The highest BCUT2D eigenvalue weighted by Gasteiger charge is 2.22. The van der Waals surface area contributed by atoms with Crippen LogP contribution in [0.5, 0.6) is 0 Å². The molecule has 2 N–H and O–H groups in total. The second-order valence-corrected chi connectivity index (χ2v) is 10.7. The summed E-state index contributed by atoms with van der Waals surface area (Å²) in [7, 11) is 0. The van der Waals surface area contributed by atoms with Crippen molar-refractivity contribution in [3.63, 3.8) is 0 Å². The number of rotatable bonds is 7. The quantitative estimate of drug-likeness (QED) is 0.189. The molecule has 1 aromatic heterocycles. The average Bonchev–Trinajstić information content (AvgIpc) is 3.43. The Morgan fingerprint density at radius 1 is 0.690 bits per heavy atom. The minimum atomic E-state index is -1.04. The van der Waals surface area contributed by atoms with Gasteiger partial charge in [0.05, 0.1) is 5.56 Å². The van der Waals surface area contributed by atoms with E-state index in [1.807, 2.05) is 6.07 Å². The summed E-state index contributed by atoms with van der Waals surface area (Å²) in [5, 5.41) is 15.6. The number of hydrogen-bond donors (Lipinski definition) is 2. The number of carbonyl (C=O) groups is 3. The zero-order valence-electron chi connectivity index (χ0n) is 21.9. The van der Waals surface area contributed by atoms with Crippen molar-refractivity contribution in [2.45, 2.75) is 6.54 Å². The first kappa shape index (κ1) is 27.0. The molecular weight excluding hydrogens is 556 g/mol. The number of aromatic carboxylic acids is 1. The highest BCUT2D eigenvalue weighted by Crippen LogP contribution is 2.36. The SMILES string of the molecule is O=C(O)c1ccc(CNC(=O)c2cc(-c3ccc(F)cc3)cc3scc(C(=O)c4ccc5ccc(F)cc5c4)c23)cc1. The van der Waals surface area contributed by atoms with Crippen molar-refractivity contribution in [1.82, 2.24) is 5.32 Å². The predicted molar refractivity (Wildman–Crippen MR) is 159 cm³/mol. The molecule has 6 rings (SSSR count). The summed E-state index contributed by atoms with van der Waals surface area (Å²) in [6, 6.07) is 25.1. The van der Waals surface area contributed by atoms with E-state index in [0.29, 0.717) is 43.3 Å². The number of amides is 1. The van der Waals surface area contributed by atoms with Gasteiger partial charge in [-0.05, 0) is 82.1 Å². The largest absolute Gasteiger partial charge is 0.478 e. The number of fused-ring (bicyclic) bond motifs is 2. The third-order valence-corrected chi connectivity index (χ3v) is 7.99. The van der Waals surface area contributed by atoms with E-state index >= 15 is 0 Å². The zero-order valence-corrected chi connectivity index (χ0v) is 22.7. The van der Waals surface area contributed by atoms with Gasteiger partial charge in [0.25, 0.3) is 5.91 Å². The highest BCUT2D eigenvalue weighted by atomic mass is 32.1. The molecule has 1 heterocycles. The van der Waals surface area contributed by atoms with Crippen LogP contribution in [0.25, 0.3) is 32.0 Å². The van der Waals surface area contributed by atoms with E-state index in [9.17, 15) is 23.2 Å². The molecule has 0 unspecified atom stereocenters. The standard InChI is InChI=1S/C34H21F2NO4S/c35-26-10-7-21(8-11-26)25-15-28(33(39)37-17-19-1-3-22(4-2-19)34(40)41)31-29(18-42-30(31)16-25)32(38)23-6-5-20-9-12-27(36)14-24(20)13-23/h1-16,18H,17H2,(H,37,39)(H,40,41). The van der Waals surface area contributed by atoms with Gasteiger partial charge in [0, 0.05) is 38.7 Å². The Morgan fingerprint density at radius 3 is 2.12 bits per heavy atom. The molecule has 0 aliphatic carbocycles. The van der Waals surface area contributed by atoms with Crippen LogP contribution in [-0.2, 0) is 6.54 Å². The molecule has 1 amide bonds. The van der Waals surface area contributed by atoms with Crippen LogP contribution < -0.4 is 5.32 Å². The van der Waals surface area contributed by atoms with Crippen molar-refractivity contribution in [2.24, 2.45) is 0 Å². The number of thiophene rings is 1. The van der Waals surface area contributed by atoms with Crippen molar-refractivity contribution in [3.8, 4) is 11.1 Å². The molecule has 0 atom stereocenters. The van der Waals surface area contributed by atoms with Crippen LogP contribution in [0.4, 0.5) is 8.78 Å². The minimum Gasteiger partial charge on any atom is -0.478 e. The minimum absolute atomic E-state index is 0.130. The van der Waals surface area contributed by atoms with Crippen molar-refractivity contribution in [1.29, 1.82) is 0 Å². The summed E-state index contributed by atoms with van der Waals surface area (Å²) in [5.74, 6) is -2.57. The molecule has 0 aliphatic rings. The van der Waals surface area contributed by atoms with Gasteiger partial charge in [-0.15, -0.1) is 11.3 Å². The summed E-state index contributed by atoms with van der Waals surface area (Å²) in [6.45, 7) is 0.130. The van der Waals surface area contributed by atoms with Crippen molar-refractivity contribution in [2.75, 3.05) is 0 Å². The Balaban J connectivity index is 1.41. The number of hydrogen-bond acceptors (Lipinski definition) is 4. The number of carboxylic acids is 1. The number of carboxylic acid groups (broad SMARTS) is 1. The van der Waals surface area contributed by atoms with Gasteiger partial charge in [0.1, 0.15) is 11.6 Å². The van der Waals surface area contributed by atoms with E-state index < -0.39 is 17.7 Å². The van der Waals surface area contributed by atoms with Crippen LogP contribution in [0.3, 0.4) is 0 Å². The maximum Gasteiger partial charge on any atom is 0.335 e. The van der Waals surface area contributed by atoms with Crippen LogP contribution in [0.15, 0.2) is 102 Å². The Hall–Kier alpha value is -5.21. The number of halogens is 2. The first-order valence-electron chi connectivity index (χ1n) is 12.9. The summed E-state index contributed by atoms with van der Waals surface area (Å²) in [6.07, 6.45) is 0. The lowest BCUT2D eigenvalue weighted by Gasteiger charge is -2.12. The van der Waals surface area contributed by atoms with Crippen LogP contribution in [0.1, 0.15) is 42.2 Å². The van der Waals surface area contributed by atoms with Crippen LogP contribution >= 0.6 is 11.3 Å². The second-order valence-electron chi connectivity index (χ2n) is 9.77. The molecule has 0 radical (unpaired) electrons. The maximum atomic E-state index is 13.9. The van der Waals surface area contributed by atoms with E-state index in [1.165, 1.54) is 47.7 Å². The Labute approximate surface area is 242 Å². The molecule has 42 heavy (non-hydrogen) atoms. The smallest absolute Gasteiger partial charge is 0.335 e. The van der Waals surface area contributed by atoms with Gasteiger partial charge in [-0.1, -0.05) is 42.5 Å². The lowest BCUT2D eigenvalue weighted by molar-refractivity contribution is 0.0696. The molecule has 0 saturated carbocycles. The molecule has 5 nitrogen and oxygen atoms in total. The summed E-state index contributed by atoms with van der Waals surface area (Å²) in [5.41, 5.74) is 3.19. The first-order chi connectivity index (χ1) is 20.3. The van der Waals surface area contributed by atoms with Gasteiger partial charge >= 0.3 is 5.97 Å². The Morgan fingerprint density at radius 2 is 1.38 bits per heavy atom. The monoisotopic (exact) mass is 577 g/mol. The van der Waals surface area contributed by atoms with E-state index in [0.717, 1.165) is 5.39 Å². The molecule has 5 aromatic carbocycles. The van der Waals surface area contributed by atoms with E-state index in [2.05, 4.69) is 5.32 Å². The number of benzene rings is 5. The van der Waals surface area contributed by atoms with Gasteiger partial charge < -0.3 is 10.4 Å². The van der Waals surface area contributed by atoms with Gasteiger partial charge in [0.2, 0.25) is 0 Å². The highest BCUT2D eigenvalue weighted by molar-refractivity contribution is 7.17. The average molecular weight is 578 g/mol. The van der Waals surface area contributed by atoms with Crippen LogP contribution in [0, 0.1) is 11.6 Å². The summed E-state index contributed by atoms with van der Waals surface area (Å²) < 4.78 is 28.2. The molecule has 0 fully saturated rings. The van der Waals surface area contributed by atoms with Gasteiger partial charge in [-0.3, -0.25) is 9.59 Å². The molecule has 8 heteroatoms. The fourth-order valence-corrected chi connectivity index (χ4v) is 5.88. The second kappa shape index (κ2) is 11.0. The van der Waals surface area contributed by atoms with E-state index in [4.69, 9.17) is 5.11 Å². The third kappa shape index (κ3) is 5.27. The lowest BCUT2D eigenvalue weighted by Crippen LogP contribution is -2.23. The molecule has 0 aliphatic heterocycles. The molecule has 0 saturated heterocycles. The third-order valence-electron chi connectivity index (χ3n) is 7.06. The predicted octanol–water partition coefficient (Wildman–Crippen LogP) is 7.86. The molecular formula is C34H21F2NO4S. The fourth-order valence-electron chi connectivity index (χ4n) is 4.88. The van der Waals surface area contributed by atoms with Crippen molar-refractivity contribution in [3.05, 3.63) is 142 Å². The summed E-state index contributed by atoms with van der Waals surface area (Å²) >= 11 is 1.31. The molecule has 6 aromatic rings. The van der Waals surface area contributed by atoms with E-state index in [-0.39, 0.29) is 29.3 Å². The molecule has 0 spiro atoms. The van der Waals surface area contributed by atoms with E-state index in [1.54, 1.807) is 60.0 Å². The number of ketones is 1. The fraction of sp³-hybridized carbons (Fsp3) is 0.0294. The molecule has 0 bridgehead atoms. The van der Waals surface area contributed by atoms with Crippen LogP contribution in [-0.4, -0.2) is 22.8 Å². The topological polar surface area (TPSA) is 83.5 Å². The number of carbonyl (C=O) groups excluding carboxylic acids is 2.